The van der Waals surface area contributed by atoms with Gasteiger partial charge < -0.3 is 18.6 Å². The third-order valence-electron chi connectivity index (χ3n) is 2.16. The summed E-state index contributed by atoms with van der Waals surface area (Å²) in [7, 11) is 0. The number of morpholine rings is 1. The van der Waals surface area contributed by atoms with Crippen molar-refractivity contribution < 1.29 is 18.5 Å². The van der Waals surface area contributed by atoms with E-state index in [9.17, 15) is 4.79 Å². The Morgan fingerprint density at radius 3 is 2.82 bits per heavy atom. The number of ether oxygens (including phenoxy) is 2. The van der Waals surface area contributed by atoms with Crippen LogP contribution in [0.3, 0.4) is 0 Å². The largest absolute Gasteiger partial charge is 0.444 e. The van der Waals surface area contributed by atoms with Gasteiger partial charge in [0.15, 0.2) is 0 Å². The van der Waals surface area contributed by atoms with Gasteiger partial charge in [0.1, 0.15) is 5.60 Å². The van der Waals surface area contributed by atoms with Crippen molar-refractivity contribution in [1.82, 2.24) is 4.90 Å². The van der Waals surface area contributed by atoms with Crippen LogP contribution in [0.5, 0.6) is 0 Å². The van der Waals surface area contributed by atoms with Crippen LogP contribution in [0.2, 0.25) is 0 Å². The van der Waals surface area contributed by atoms with E-state index in [0.717, 1.165) is 0 Å². The van der Waals surface area contributed by atoms with Crippen molar-refractivity contribution in [1.29, 1.82) is 0 Å². The summed E-state index contributed by atoms with van der Waals surface area (Å²) in [5, 5.41) is 0. The molecule has 0 aromatic rings. The molecule has 0 saturated carbocycles. The summed E-state index contributed by atoms with van der Waals surface area (Å²) >= 11 is 1.30. The minimum atomic E-state index is -0.458. The number of nitrogens with zero attached hydrogens (tertiary/aromatic N) is 1. The van der Waals surface area contributed by atoms with E-state index >= 15 is 0 Å². The zero-order valence-corrected chi connectivity index (χ0v) is 11.7. The molecule has 6 heteroatoms. The highest BCUT2D eigenvalue weighted by Crippen LogP contribution is 2.13. The summed E-state index contributed by atoms with van der Waals surface area (Å²) in [6, 6.07) is 0. The maximum absolute atomic E-state index is 11.8. The highest BCUT2D eigenvalue weighted by atomic mass is 32.2. The van der Waals surface area contributed by atoms with E-state index in [4.69, 9.17) is 13.7 Å². The van der Waals surface area contributed by atoms with Crippen molar-refractivity contribution in [2.45, 2.75) is 32.5 Å². The van der Waals surface area contributed by atoms with Crippen LogP contribution in [-0.2, 0) is 13.7 Å². The molecule has 0 bridgehead atoms. The molecule has 0 spiro atoms. The molecule has 1 amide bonds. The van der Waals surface area contributed by atoms with Gasteiger partial charge in [-0.2, -0.15) is 0 Å². The molecule has 5 nitrogen and oxygen atoms in total. The molecule has 1 aliphatic rings. The van der Waals surface area contributed by atoms with Crippen LogP contribution < -0.4 is 0 Å². The Balaban J connectivity index is 2.40. The smallest absolute Gasteiger partial charge is 0.410 e. The van der Waals surface area contributed by atoms with Gasteiger partial charge in [-0.3, -0.25) is 0 Å². The predicted molar refractivity (Wildman–Crippen MR) is 67.0 cm³/mol. The molecule has 0 aliphatic carbocycles. The van der Waals surface area contributed by atoms with Gasteiger partial charge >= 0.3 is 6.09 Å². The van der Waals surface area contributed by atoms with Gasteiger partial charge in [0.2, 0.25) is 0 Å². The molecule has 0 aromatic carbocycles. The van der Waals surface area contributed by atoms with Crippen LogP contribution in [0.15, 0.2) is 0 Å². The first-order valence-corrected chi connectivity index (χ1v) is 6.82. The molecular weight excluding hydrogens is 242 g/mol. The first-order valence-electron chi connectivity index (χ1n) is 5.67. The van der Waals surface area contributed by atoms with E-state index < -0.39 is 5.60 Å². The molecule has 0 aromatic heterocycles. The monoisotopic (exact) mass is 263 g/mol. The predicted octanol–water partition coefficient (Wildman–Crippen LogP) is 1.92. The van der Waals surface area contributed by atoms with Crippen LogP contribution in [0, 0.1) is 0 Å². The Morgan fingerprint density at radius 2 is 2.24 bits per heavy atom. The number of amides is 1. The van der Waals surface area contributed by atoms with Crippen molar-refractivity contribution in [2.24, 2.45) is 0 Å². The van der Waals surface area contributed by atoms with Crippen LogP contribution in [0.1, 0.15) is 20.8 Å². The summed E-state index contributed by atoms with van der Waals surface area (Å²) in [6.45, 7) is 7.70. The second-order valence-corrected chi connectivity index (χ2v) is 5.44. The fourth-order valence-electron chi connectivity index (χ4n) is 1.46. The third kappa shape index (κ3) is 5.61. The van der Waals surface area contributed by atoms with E-state index in [1.807, 2.05) is 27.0 Å². The molecule has 1 saturated heterocycles. The average molecular weight is 263 g/mol. The van der Waals surface area contributed by atoms with Crippen molar-refractivity contribution in [3.8, 4) is 0 Å². The lowest BCUT2D eigenvalue weighted by Crippen LogP contribution is -2.48. The van der Waals surface area contributed by atoms with Crippen LogP contribution in [0.25, 0.3) is 0 Å². The fraction of sp³-hybridized carbons (Fsp3) is 0.909. The van der Waals surface area contributed by atoms with Gasteiger partial charge in [0.05, 0.1) is 25.9 Å². The Morgan fingerprint density at radius 1 is 1.53 bits per heavy atom. The van der Waals surface area contributed by atoms with Gasteiger partial charge in [-0.1, -0.05) is 0 Å². The zero-order valence-electron chi connectivity index (χ0n) is 10.9. The summed E-state index contributed by atoms with van der Waals surface area (Å²) in [5.74, 6) is 0. The zero-order chi connectivity index (χ0) is 12.9. The van der Waals surface area contributed by atoms with E-state index in [1.54, 1.807) is 4.90 Å². The third-order valence-corrected chi connectivity index (χ3v) is 2.53. The van der Waals surface area contributed by atoms with Crippen molar-refractivity contribution in [3.05, 3.63) is 0 Å². The van der Waals surface area contributed by atoms with Gasteiger partial charge in [0, 0.05) is 12.8 Å². The molecule has 1 atom stereocenters. The number of carbonyl (C=O) groups is 1. The number of carbonyl (C=O) groups excluding carboxylic acids is 1. The first kappa shape index (κ1) is 14.6. The summed E-state index contributed by atoms with van der Waals surface area (Å²) in [4.78, 5) is 13.5. The normalized spacial score (nSPS) is 21.4. The number of hydrogen-bond donors (Lipinski definition) is 0. The minimum absolute atomic E-state index is 0.0660. The van der Waals surface area contributed by atoms with Gasteiger partial charge in [0.25, 0.3) is 0 Å². The minimum Gasteiger partial charge on any atom is -0.444 e. The SMILES string of the molecule is CSOCC1CN(C(=O)OC(C)(C)C)CCO1. The summed E-state index contributed by atoms with van der Waals surface area (Å²) < 4.78 is 16.0. The lowest BCUT2D eigenvalue weighted by atomic mass is 10.2. The molecule has 0 N–H and O–H groups in total. The average Bonchev–Trinajstić information content (AvgIpc) is 2.24. The molecule has 1 fully saturated rings. The first-order chi connectivity index (χ1) is 7.92. The topological polar surface area (TPSA) is 48.0 Å². The Hall–Kier alpha value is -0.460. The maximum Gasteiger partial charge on any atom is 0.410 e. The number of hydrogen-bond acceptors (Lipinski definition) is 5. The number of rotatable bonds is 3. The molecule has 0 radical (unpaired) electrons. The lowest BCUT2D eigenvalue weighted by Gasteiger charge is -2.33. The Labute approximate surface area is 107 Å². The molecule has 1 heterocycles. The second kappa shape index (κ2) is 6.47. The fourth-order valence-corrected chi connectivity index (χ4v) is 1.74. The molecular formula is C11H21NO4S. The maximum atomic E-state index is 11.8. The summed E-state index contributed by atoms with van der Waals surface area (Å²) in [5.41, 5.74) is -0.458. The quantitative estimate of drug-likeness (QED) is 0.728. The lowest BCUT2D eigenvalue weighted by molar-refractivity contribution is -0.0536. The van der Waals surface area contributed by atoms with Gasteiger partial charge in [-0.15, -0.1) is 0 Å². The van der Waals surface area contributed by atoms with E-state index in [1.165, 1.54) is 12.0 Å². The molecule has 17 heavy (non-hydrogen) atoms. The molecule has 1 unspecified atom stereocenters. The molecule has 1 aliphatic heterocycles. The van der Waals surface area contributed by atoms with Crippen LogP contribution in [0.4, 0.5) is 4.79 Å². The van der Waals surface area contributed by atoms with Crippen molar-refractivity contribution in [3.63, 3.8) is 0 Å². The Kier molecular flexibility index (Phi) is 5.55. The van der Waals surface area contributed by atoms with E-state index in [2.05, 4.69) is 0 Å². The molecule has 100 valence electrons. The highest BCUT2D eigenvalue weighted by Gasteiger charge is 2.28. The van der Waals surface area contributed by atoms with Crippen molar-refractivity contribution >= 4 is 18.1 Å². The van der Waals surface area contributed by atoms with Crippen LogP contribution in [-0.4, -0.2) is 55.3 Å². The van der Waals surface area contributed by atoms with Gasteiger partial charge in [-0.25, -0.2) is 4.79 Å². The Bertz CT molecular complexity index is 254. The molecule has 1 rings (SSSR count). The second-order valence-electron chi connectivity index (χ2n) is 4.87. The van der Waals surface area contributed by atoms with E-state index in [-0.39, 0.29) is 12.2 Å². The standard InChI is InChI=1S/C11H21NO4S/c1-11(2,3)16-10(13)12-5-6-14-9(7-12)8-15-17-4/h9H,5-8H2,1-4H3. The van der Waals surface area contributed by atoms with Crippen molar-refractivity contribution in [2.75, 3.05) is 32.6 Å². The van der Waals surface area contributed by atoms with Gasteiger partial charge in [-0.05, 0) is 32.8 Å². The van der Waals surface area contributed by atoms with Crippen LogP contribution >= 0.6 is 12.0 Å². The summed E-state index contributed by atoms with van der Waals surface area (Å²) in [6.07, 6.45) is 1.51. The highest BCUT2D eigenvalue weighted by molar-refractivity contribution is 7.93. The van der Waals surface area contributed by atoms with E-state index in [0.29, 0.717) is 26.3 Å².